The van der Waals surface area contributed by atoms with Crippen molar-refractivity contribution in [3.8, 4) is 0 Å². The molecule has 4 nitrogen and oxygen atoms in total. The molecule has 102 valence electrons. The van der Waals surface area contributed by atoms with Gasteiger partial charge in [-0.3, -0.25) is 0 Å². The molecule has 1 aromatic heterocycles. The van der Waals surface area contributed by atoms with Gasteiger partial charge in [0.25, 0.3) is 10.0 Å². The first-order valence-electron chi connectivity index (χ1n) is 5.42. The van der Waals surface area contributed by atoms with Gasteiger partial charge in [-0.05, 0) is 35.8 Å². The highest BCUT2D eigenvalue weighted by Gasteiger charge is 2.34. The van der Waals surface area contributed by atoms with Crippen LogP contribution in [0.4, 0.5) is 0 Å². The van der Waals surface area contributed by atoms with Gasteiger partial charge in [-0.2, -0.15) is 4.31 Å². The summed E-state index contributed by atoms with van der Waals surface area (Å²) >= 11 is 10.3. The number of piperazine rings is 1. The van der Waals surface area contributed by atoms with Crippen LogP contribution in [0.3, 0.4) is 0 Å². The molecule has 0 saturated carbocycles. The van der Waals surface area contributed by atoms with Gasteiger partial charge in [-0.25, -0.2) is 8.42 Å². The topological polar surface area (TPSA) is 49.4 Å². The smallest absolute Gasteiger partial charge is 0.252 e. The van der Waals surface area contributed by atoms with Gasteiger partial charge in [-0.15, -0.1) is 11.3 Å². The maximum atomic E-state index is 12.5. The van der Waals surface area contributed by atoms with E-state index in [9.17, 15) is 8.42 Å². The highest BCUT2D eigenvalue weighted by Crippen LogP contribution is 2.36. The monoisotopic (exact) mass is 372 g/mol. The van der Waals surface area contributed by atoms with Crippen molar-refractivity contribution in [1.82, 2.24) is 9.62 Å². The van der Waals surface area contributed by atoms with Crippen LogP contribution in [0.15, 0.2) is 14.1 Å². The lowest BCUT2D eigenvalue weighted by Crippen LogP contribution is -2.58. The van der Waals surface area contributed by atoms with Gasteiger partial charge in [0.1, 0.15) is 4.21 Å². The third-order valence-electron chi connectivity index (χ3n) is 2.75. The third kappa shape index (κ3) is 2.91. The van der Waals surface area contributed by atoms with Crippen molar-refractivity contribution in [2.75, 3.05) is 19.6 Å². The summed E-state index contributed by atoms with van der Waals surface area (Å²) in [5, 5.41) is 3.73. The zero-order valence-electron chi connectivity index (χ0n) is 10.0. The van der Waals surface area contributed by atoms with E-state index < -0.39 is 10.0 Å². The lowest BCUT2D eigenvalue weighted by molar-refractivity contribution is 0.234. The molecule has 0 atom stereocenters. The first kappa shape index (κ1) is 14.7. The van der Waals surface area contributed by atoms with Gasteiger partial charge in [0.05, 0.1) is 8.81 Å². The predicted octanol–water partition coefficient (Wildman–Crippen LogP) is 2.54. The SMILES string of the molecule is CC1(C)CN(S(=O)(=O)c2cc(Cl)c(Br)s2)CCN1. The van der Waals surface area contributed by atoms with Crippen molar-refractivity contribution in [3.63, 3.8) is 0 Å². The first-order valence-corrected chi connectivity index (χ1v) is 8.85. The molecule has 1 fully saturated rings. The summed E-state index contributed by atoms with van der Waals surface area (Å²) < 4.78 is 27.4. The summed E-state index contributed by atoms with van der Waals surface area (Å²) in [5.74, 6) is 0. The number of halogens is 2. The Hall–Kier alpha value is 0.340. The maximum absolute atomic E-state index is 12.5. The molecular formula is C10H14BrClN2O2S2. The summed E-state index contributed by atoms with van der Waals surface area (Å²) in [4.78, 5) is 0. The van der Waals surface area contributed by atoms with E-state index in [1.165, 1.54) is 10.4 Å². The number of hydrogen-bond donors (Lipinski definition) is 1. The molecule has 1 aromatic rings. The highest BCUT2D eigenvalue weighted by molar-refractivity contribution is 9.11. The lowest BCUT2D eigenvalue weighted by atomic mass is 10.0. The Morgan fingerprint density at radius 2 is 2.22 bits per heavy atom. The number of nitrogens with one attached hydrogen (secondary N) is 1. The van der Waals surface area contributed by atoms with Crippen LogP contribution in [0.2, 0.25) is 5.02 Å². The lowest BCUT2D eigenvalue weighted by Gasteiger charge is -2.37. The average molecular weight is 374 g/mol. The van der Waals surface area contributed by atoms with Gasteiger partial charge in [0.2, 0.25) is 0 Å². The van der Waals surface area contributed by atoms with Crippen LogP contribution in [0.25, 0.3) is 0 Å². The highest BCUT2D eigenvalue weighted by atomic mass is 79.9. The molecule has 1 aliphatic rings. The summed E-state index contributed by atoms with van der Waals surface area (Å²) in [6.45, 7) is 5.59. The number of sulfonamides is 1. The zero-order valence-corrected chi connectivity index (χ0v) is 14.0. The standard InChI is InChI=1S/C10H14BrClN2O2S2/c1-10(2)6-14(4-3-13-10)18(15,16)8-5-7(12)9(11)17-8/h5,13H,3-4,6H2,1-2H3. The average Bonchev–Trinajstić information content (AvgIpc) is 2.58. The molecule has 18 heavy (non-hydrogen) atoms. The van der Waals surface area contributed by atoms with Crippen molar-refractivity contribution in [2.45, 2.75) is 23.6 Å². The second-order valence-corrected chi connectivity index (χ2v) is 9.78. The Kier molecular flexibility index (Phi) is 4.12. The molecule has 0 radical (unpaired) electrons. The van der Waals surface area contributed by atoms with Crippen LogP contribution in [0.1, 0.15) is 13.8 Å². The molecule has 2 heterocycles. The number of rotatable bonds is 2. The molecule has 0 aromatic carbocycles. The fraction of sp³-hybridized carbons (Fsp3) is 0.600. The molecular weight excluding hydrogens is 360 g/mol. The Labute approximate surface area is 124 Å². The first-order chi connectivity index (χ1) is 8.22. The van der Waals surface area contributed by atoms with Gasteiger partial charge in [0.15, 0.2) is 0 Å². The van der Waals surface area contributed by atoms with E-state index in [1.807, 2.05) is 13.8 Å². The minimum atomic E-state index is -3.44. The van der Waals surface area contributed by atoms with Crippen molar-refractivity contribution in [2.24, 2.45) is 0 Å². The predicted molar refractivity (Wildman–Crippen MR) is 77.9 cm³/mol. The van der Waals surface area contributed by atoms with Crippen LogP contribution >= 0.6 is 38.9 Å². The van der Waals surface area contributed by atoms with Crippen molar-refractivity contribution in [1.29, 1.82) is 0 Å². The fourth-order valence-electron chi connectivity index (χ4n) is 1.88. The second-order valence-electron chi connectivity index (χ2n) is 4.84. The van der Waals surface area contributed by atoms with Crippen LogP contribution < -0.4 is 5.32 Å². The number of thiophene rings is 1. The molecule has 0 bridgehead atoms. The third-order valence-corrected chi connectivity index (χ3v) is 7.52. The molecule has 1 saturated heterocycles. The number of hydrogen-bond acceptors (Lipinski definition) is 4. The molecule has 8 heteroatoms. The van der Waals surface area contributed by atoms with E-state index in [0.29, 0.717) is 28.4 Å². The normalized spacial score (nSPS) is 21.1. The molecule has 0 unspecified atom stereocenters. The van der Waals surface area contributed by atoms with Gasteiger partial charge in [0, 0.05) is 25.2 Å². The van der Waals surface area contributed by atoms with Crippen molar-refractivity contribution in [3.05, 3.63) is 14.9 Å². The van der Waals surface area contributed by atoms with Gasteiger partial charge < -0.3 is 5.32 Å². The van der Waals surface area contributed by atoms with E-state index in [0.717, 1.165) is 11.3 Å². The second kappa shape index (κ2) is 5.03. The zero-order chi connectivity index (χ0) is 13.6. The minimum absolute atomic E-state index is 0.205. The Balaban J connectivity index is 2.31. The maximum Gasteiger partial charge on any atom is 0.252 e. The largest absolute Gasteiger partial charge is 0.309 e. The summed E-state index contributed by atoms with van der Waals surface area (Å²) in [5.41, 5.74) is -0.205. The molecule has 1 aliphatic heterocycles. The molecule has 0 amide bonds. The molecule has 1 N–H and O–H groups in total. The summed E-state index contributed by atoms with van der Waals surface area (Å²) in [6.07, 6.45) is 0. The van der Waals surface area contributed by atoms with Crippen molar-refractivity contribution < 1.29 is 8.42 Å². The van der Waals surface area contributed by atoms with E-state index in [1.54, 1.807) is 0 Å². The van der Waals surface area contributed by atoms with E-state index in [-0.39, 0.29) is 9.75 Å². The van der Waals surface area contributed by atoms with Crippen LogP contribution in [-0.4, -0.2) is 37.9 Å². The Bertz CT molecular complexity index is 537. The molecule has 0 aliphatic carbocycles. The van der Waals surface area contributed by atoms with E-state index >= 15 is 0 Å². The van der Waals surface area contributed by atoms with Gasteiger partial charge in [-0.1, -0.05) is 11.6 Å². The summed E-state index contributed by atoms with van der Waals surface area (Å²) in [7, 11) is -3.44. The fourth-order valence-corrected chi connectivity index (χ4v) is 6.04. The van der Waals surface area contributed by atoms with E-state index in [4.69, 9.17) is 11.6 Å². The van der Waals surface area contributed by atoms with Crippen LogP contribution in [0, 0.1) is 0 Å². The molecule has 2 rings (SSSR count). The molecule has 0 spiro atoms. The number of nitrogens with zero attached hydrogens (tertiary/aromatic N) is 1. The Morgan fingerprint density at radius 1 is 1.56 bits per heavy atom. The van der Waals surface area contributed by atoms with Crippen LogP contribution in [0.5, 0.6) is 0 Å². The van der Waals surface area contributed by atoms with E-state index in [2.05, 4.69) is 21.2 Å². The van der Waals surface area contributed by atoms with Gasteiger partial charge >= 0.3 is 0 Å². The Morgan fingerprint density at radius 3 is 2.72 bits per heavy atom. The van der Waals surface area contributed by atoms with Crippen LogP contribution in [-0.2, 0) is 10.0 Å². The quantitative estimate of drug-likeness (QED) is 0.866. The van der Waals surface area contributed by atoms with Crippen molar-refractivity contribution >= 4 is 48.9 Å². The summed E-state index contributed by atoms with van der Waals surface area (Å²) in [6, 6.07) is 1.50. The minimum Gasteiger partial charge on any atom is -0.309 e.